The van der Waals surface area contributed by atoms with Gasteiger partial charge in [-0.2, -0.15) is 0 Å². The van der Waals surface area contributed by atoms with Crippen LogP contribution in [0.1, 0.15) is 51.8 Å². The third-order valence-electron chi connectivity index (χ3n) is 5.99. The van der Waals surface area contributed by atoms with Gasteiger partial charge in [0.05, 0.1) is 5.01 Å². The van der Waals surface area contributed by atoms with Crippen LogP contribution in [0.15, 0.2) is 18.3 Å². The van der Waals surface area contributed by atoms with E-state index in [0.717, 1.165) is 22.6 Å². The molecule has 0 radical (unpaired) electrons. The quantitative estimate of drug-likeness (QED) is 0.651. The van der Waals surface area contributed by atoms with Crippen molar-refractivity contribution >= 4 is 17.2 Å². The van der Waals surface area contributed by atoms with Crippen molar-refractivity contribution in [2.45, 2.75) is 58.4 Å². The van der Waals surface area contributed by atoms with Crippen LogP contribution in [0.5, 0.6) is 5.75 Å². The molecule has 6 heteroatoms. The van der Waals surface area contributed by atoms with E-state index < -0.39 is 0 Å². The molecule has 2 N–H and O–H groups in total. The van der Waals surface area contributed by atoms with Crippen molar-refractivity contribution in [1.82, 2.24) is 15.2 Å². The Morgan fingerprint density at radius 2 is 1.93 bits per heavy atom. The van der Waals surface area contributed by atoms with Crippen molar-refractivity contribution in [3.8, 4) is 5.75 Å². The molecule has 2 atom stereocenters. The van der Waals surface area contributed by atoms with Crippen LogP contribution in [0.25, 0.3) is 0 Å². The lowest BCUT2D eigenvalue weighted by atomic mass is 9.95. The zero-order valence-corrected chi connectivity index (χ0v) is 19.0. The molecule has 1 aliphatic rings. The summed E-state index contributed by atoms with van der Waals surface area (Å²) in [4.78, 5) is 20.5. The summed E-state index contributed by atoms with van der Waals surface area (Å²) < 4.78 is 0. The molecule has 2 unspecified atom stereocenters. The van der Waals surface area contributed by atoms with Crippen molar-refractivity contribution in [1.29, 1.82) is 0 Å². The lowest BCUT2D eigenvalue weighted by Gasteiger charge is -2.26. The molecular formula is C23H33N3O2S. The number of carbonyl (C=O) groups is 1. The topological polar surface area (TPSA) is 65.5 Å². The van der Waals surface area contributed by atoms with Crippen LogP contribution < -0.4 is 5.32 Å². The predicted molar refractivity (Wildman–Crippen MR) is 119 cm³/mol. The number of aromatic hydroxyl groups is 1. The fourth-order valence-electron chi connectivity index (χ4n) is 4.02. The fourth-order valence-corrected chi connectivity index (χ4v) is 5.00. The van der Waals surface area contributed by atoms with Gasteiger partial charge in [0.15, 0.2) is 0 Å². The Morgan fingerprint density at radius 1 is 1.28 bits per heavy atom. The average molecular weight is 416 g/mol. The van der Waals surface area contributed by atoms with E-state index >= 15 is 0 Å². The Kier molecular flexibility index (Phi) is 6.96. The first-order valence-electron chi connectivity index (χ1n) is 10.4. The second-order valence-corrected chi connectivity index (χ2v) is 9.88. The second kappa shape index (κ2) is 9.26. The summed E-state index contributed by atoms with van der Waals surface area (Å²) in [6.45, 7) is 6.70. The molecule has 1 saturated carbocycles. The van der Waals surface area contributed by atoms with Crippen molar-refractivity contribution in [3.63, 3.8) is 0 Å². The van der Waals surface area contributed by atoms with Gasteiger partial charge in [0.25, 0.3) is 0 Å². The molecule has 1 heterocycles. The Bertz CT molecular complexity index is 835. The minimum Gasteiger partial charge on any atom is -0.508 e. The van der Waals surface area contributed by atoms with Crippen LogP contribution in [0.2, 0.25) is 0 Å². The van der Waals surface area contributed by atoms with Crippen LogP contribution in [0, 0.1) is 26.7 Å². The number of aromatic nitrogens is 1. The number of hydrogen-bond donors (Lipinski definition) is 2. The number of nitrogens with one attached hydrogen (secondary N) is 1. The Morgan fingerprint density at radius 3 is 2.45 bits per heavy atom. The van der Waals surface area contributed by atoms with Gasteiger partial charge in [0.1, 0.15) is 5.75 Å². The van der Waals surface area contributed by atoms with Crippen LogP contribution in [0.4, 0.5) is 0 Å². The van der Waals surface area contributed by atoms with Crippen LogP contribution in [-0.4, -0.2) is 47.6 Å². The molecule has 158 valence electrons. The summed E-state index contributed by atoms with van der Waals surface area (Å²) in [5, 5.41) is 14.0. The third kappa shape index (κ3) is 5.80. The Balaban J connectivity index is 1.61. The SMILES string of the molecule is Cc1ncc(C(CC(=O)NCC(Cc2c(C)cc(O)cc2C)N(C)C)C2CC2)s1. The average Bonchev–Trinajstić information content (AvgIpc) is 3.38. The Hall–Kier alpha value is -1.92. The van der Waals surface area contributed by atoms with E-state index in [1.807, 2.05) is 39.1 Å². The molecule has 1 aromatic carbocycles. The molecule has 1 aliphatic carbocycles. The van der Waals surface area contributed by atoms with Gasteiger partial charge in [-0.3, -0.25) is 4.79 Å². The number of phenolic OH excluding ortho intramolecular Hbond substituents is 1. The van der Waals surface area contributed by atoms with Gasteiger partial charge in [-0.05, 0) is 88.9 Å². The smallest absolute Gasteiger partial charge is 0.220 e. The number of hydrogen-bond acceptors (Lipinski definition) is 5. The van der Waals surface area contributed by atoms with E-state index in [1.54, 1.807) is 11.3 Å². The summed E-state index contributed by atoms with van der Waals surface area (Å²) in [5.41, 5.74) is 3.43. The maximum atomic E-state index is 12.7. The molecule has 29 heavy (non-hydrogen) atoms. The summed E-state index contributed by atoms with van der Waals surface area (Å²) in [6.07, 6.45) is 5.77. The zero-order chi connectivity index (χ0) is 21.1. The molecule has 3 rings (SSSR count). The van der Waals surface area contributed by atoms with Crippen molar-refractivity contribution in [3.05, 3.63) is 44.9 Å². The highest BCUT2D eigenvalue weighted by atomic mass is 32.1. The van der Waals surface area contributed by atoms with Crippen LogP contribution in [0.3, 0.4) is 0 Å². The van der Waals surface area contributed by atoms with Gasteiger partial charge in [-0.25, -0.2) is 4.98 Å². The molecule has 2 aromatic rings. The van der Waals surface area contributed by atoms with Gasteiger partial charge in [0.2, 0.25) is 5.91 Å². The first-order valence-corrected chi connectivity index (χ1v) is 11.2. The first-order chi connectivity index (χ1) is 13.7. The first kappa shape index (κ1) is 21.8. The van der Waals surface area contributed by atoms with Crippen molar-refractivity contribution in [2.24, 2.45) is 5.92 Å². The minimum atomic E-state index is 0.124. The van der Waals surface area contributed by atoms with Crippen LogP contribution >= 0.6 is 11.3 Å². The second-order valence-electron chi connectivity index (χ2n) is 8.61. The number of rotatable bonds is 9. The molecular weight excluding hydrogens is 382 g/mol. The number of aryl methyl sites for hydroxylation is 3. The third-order valence-corrected chi connectivity index (χ3v) is 7.03. The molecule has 1 fully saturated rings. The van der Waals surface area contributed by atoms with Crippen molar-refractivity contribution < 1.29 is 9.90 Å². The lowest BCUT2D eigenvalue weighted by molar-refractivity contribution is -0.121. The van der Waals surface area contributed by atoms with Gasteiger partial charge in [0, 0.05) is 36.0 Å². The van der Waals surface area contributed by atoms with E-state index in [4.69, 9.17) is 0 Å². The van der Waals surface area contributed by atoms with Gasteiger partial charge < -0.3 is 15.3 Å². The number of benzene rings is 1. The highest BCUT2D eigenvalue weighted by Crippen LogP contribution is 2.45. The molecule has 0 bridgehead atoms. The largest absolute Gasteiger partial charge is 0.508 e. The number of amides is 1. The highest BCUT2D eigenvalue weighted by Gasteiger charge is 2.35. The number of nitrogens with zero attached hydrogens (tertiary/aromatic N) is 2. The molecule has 0 saturated heterocycles. The summed E-state index contributed by atoms with van der Waals surface area (Å²) in [5.74, 6) is 1.37. The van der Waals surface area contributed by atoms with Crippen molar-refractivity contribution in [2.75, 3.05) is 20.6 Å². The van der Waals surface area contributed by atoms with E-state index in [-0.39, 0.29) is 11.9 Å². The van der Waals surface area contributed by atoms with E-state index in [1.165, 1.54) is 23.3 Å². The van der Waals surface area contributed by atoms with Gasteiger partial charge in [-0.1, -0.05) is 0 Å². The molecule has 0 aliphatic heterocycles. The molecule has 1 aromatic heterocycles. The maximum Gasteiger partial charge on any atom is 0.220 e. The standard InChI is InChI=1S/C23H33N3O2S/c1-14-8-19(27)9-15(2)20(14)10-18(26(4)5)12-25-23(28)11-21(17-6-7-17)22-13-24-16(3)29-22/h8-9,13,17-18,21,27H,6-7,10-12H2,1-5H3,(H,25,28). The zero-order valence-electron chi connectivity index (χ0n) is 18.2. The summed E-state index contributed by atoms with van der Waals surface area (Å²) in [6, 6.07) is 3.82. The Labute approximate surface area is 178 Å². The van der Waals surface area contributed by atoms with Crippen LogP contribution in [-0.2, 0) is 11.2 Å². The molecule has 1 amide bonds. The normalized spacial score (nSPS) is 16.1. The monoisotopic (exact) mass is 415 g/mol. The maximum absolute atomic E-state index is 12.7. The number of phenols is 1. The van der Waals surface area contributed by atoms with E-state index in [2.05, 4.69) is 29.3 Å². The van der Waals surface area contributed by atoms with Gasteiger partial charge in [-0.15, -0.1) is 11.3 Å². The number of likely N-dealkylation sites (N-methyl/N-ethyl adjacent to an activating group) is 1. The van der Waals surface area contributed by atoms with E-state index in [9.17, 15) is 9.90 Å². The summed E-state index contributed by atoms with van der Waals surface area (Å²) in [7, 11) is 4.10. The fraction of sp³-hybridized carbons (Fsp3) is 0.565. The molecule has 0 spiro atoms. The van der Waals surface area contributed by atoms with Gasteiger partial charge >= 0.3 is 0 Å². The lowest BCUT2D eigenvalue weighted by Crippen LogP contribution is -2.42. The predicted octanol–water partition coefficient (Wildman–Crippen LogP) is 3.95. The number of carbonyl (C=O) groups excluding carboxylic acids is 1. The van der Waals surface area contributed by atoms with E-state index in [0.29, 0.717) is 30.6 Å². The molecule has 5 nitrogen and oxygen atoms in total. The highest BCUT2D eigenvalue weighted by molar-refractivity contribution is 7.11. The number of thiazole rings is 1. The summed E-state index contributed by atoms with van der Waals surface area (Å²) >= 11 is 1.72. The minimum absolute atomic E-state index is 0.124.